The molecule has 0 aliphatic rings. The molecule has 0 saturated heterocycles. The Kier molecular flexibility index (Phi) is 6.79. The van der Waals surface area contributed by atoms with Crippen LogP contribution < -0.4 is 9.62 Å². The Morgan fingerprint density at radius 1 is 1.00 bits per heavy atom. The van der Waals surface area contributed by atoms with Crippen molar-refractivity contribution in [2.24, 2.45) is 0 Å². The Morgan fingerprint density at radius 2 is 1.63 bits per heavy atom. The number of hydrogen-bond acceptors (Lipinski definition) is 4. The maximum atomic E-state index is 13.3. The molecule has 0 unspecified atom stereocenters. The molecule has 0 fully saturated rings. The summed E-state index contributed by atoms with van der Waals surface area (Å²) in [6.45, 7) is 1.46. The van der Waals surface area contributed by atoms with Crippen molar-refractivity contribution in [2.45, 2.75) is 16.7 Å². The number of nitrogens with one attached hydrogen (secondary N) is 1. The molecule has 3 aromatic carbocycles. The van der Waals surface area contributed by atoms with Crippen molar-refractivity contribution in [3.63, 3.8) is 0 Å². The molecule has 1 N–H and O–H groups in total. The second-order valence-corrected chi connectivity index (χ2v) is 9.26. The first-order chi connectivity index (χ1) is 14.3. The number of carbonyl (C=O) groups is 1. The highest BCUT2D eigenvalue weighted by atomic mass is 32.2. The van der Waals surface area contributed by atoms with E-state index in [0.717, 1.165) is 26.9 Å². The molecule has 0 radical (unpaired) electrons. The van der Waals surface area contributed by atoms with E-state index in [2.05, 4.69) is 5.32 Å². The summed E-state index contributed by atoms with van der Waals surface area (Å²) in [7, 11) is -4.09. The third-order valence-corrected chi connectivity index (χ3v) is 6.98. The molecule has 156 valence electrons. The second-order valence-electron chi connectivity index (χ2n) is 6.55. The van der Waals surface area contributed by atoms with Crippen molar-refractivity contribution in [1.82, 2.24) is 0 Å². The normalized spacial score (nSPS) is 11.2. The van der Waals surface area contributed by atoms with Gasteiger partial charge in [0.1, 0.15) is 12.4 Å². The van der Waals surface area contributed by atoms with Gasteiger partial charge in [-0.05, 0) is 61.7 Å². The number of nitrogens with zero attached hydrogens (tertiary/aromatic N) is 1. The van der Waals surface area contributed by atoms with Gasteiger partial charge in [-0.15, -0.1) is 11.8 Å². The van der Waals surface area contributed by atoms with E-state index in [4.69, 9.17) is 0 Å². The molecule has 0 saturated carbocycles. The predicted octanol–water partition coefficient (Wildman–Crippen LogP) is 4.69. The van der Waals surface area contributed by atoms with Crippen LogP contribution in [-0.2, 0) is 14.8 Å². The lowest BCUT2D eigenvalue weighted by atomic mass is 10.2. The molecule has 3 aromatic rings. The van der Waals surface area contributed by atoms with Crippen LogP contribution in [-0.4, -0.2) is 27.1 Å². The van der Waals surface area contributed by atoms with Crippen LogP contribution in [0.2, 0.25) is 0 Å². The van der Waals surface area contributed by atoms with Gasteiger partial charge >= 0.3 is 0 Å². The van der Waals surface area contributed by atoms with Gasteiger partial charge in [0.2, 0.25) is 5.91 Å². The summed E-state index contributed by atoms with van der Waals surface area (Å²) in [5.74, 6) is -1.02. The van der Waals surface area contributed by atoms with E-state index in [0.29, 0.717) is 11.4 Å². The number of hydrogen-bond donors (Lipinski definition) is 1. The van der Waals surface area contributed by atoms with Crippen molar-refractivity contribution in [2.75, 3.05) is 22.4 Å². The molecule has 1 amide bonds. The largest absolute Gasteiger partial charge is 0.323 e. The van der Waals surface area contributed by atoms with Crippen LogP contribution in [0.1, 0.15) is 5.56 Å². The Bertz CT molecular complexity index is 1130. The molecule has 3 rings (SSSR count). The van der Waals surface area contributed by atoms with Gasteiger partial charge in [0.15, 0.2) is 0 Å². The molecule has 0 aromatic heterocycles. The van der Waals surface area contributed by atoms with E-state index >= 15 is 0 Å². The van der Waals surface area contributed by atoms with E-state index < -0.39 is 28.3 Å². The fourth-order valence-electron chi connectivity index (χ4n) is 2.83. The number of aryl methyl sites for hydroxylation is 1. The molecule has 0 heterocycles. The fraction of sp³-hybridized carbons (Fsp3) is 0.136. The number of halogens is 1. The molecule has 5 nitrogen and oxygen atoms in total. The number of thioether (sulfide) groups is 1. The topological polar surface area (TPSA) is 66.5 Å². The minimum Gasteiger partial charge on any atom is -0.323 e. The summed E-state index contributed by atoms with van der Waals surface area (Å²) in [6.07, 6.45) is 1.89. The molecule has 0 aliphatic carbocycles. The molecule has 0 atom stereocenters. The van der Waals surface area contributed by atoms with E-state index in [1.54, 1.807) is 36.4 Å². The van der Waals surface area contributed by atoms with Crippen molar-refractivity contribution in [3.8, 4) is 0 Å². The summed E-state index contributed by atoms with van der Waals surface area (Å²) in [4.78, 5) is 13.6. The Balaban J connectivity index is 1.94. The molecular weight excluding hydrogens is 423 g/mol. The number of carbonyl (C=O) groups excluding carboxylic acids is 1. The lowest BCUT2D eigenvalue weighted by Gasteiger charge is -2.24. The van der Waals surface area contributed by atoms with E-state index in [1.807, 2.05) is 25.3 Å². The number of sulfonamides is 1. The van der Waals surface area contributed by atoms with Crippen molar-refractivity contribution in [3.05, 3.63) is 84.2 Å². The monoisotopic (exact) mass is 444 g/mol. The number of amides is 1. The fourth-order valence-corrected chi connectivity index (χ4v) is 4.80. The Hall–Kier alpha value is -2.84. The summed E-state index contributed by atoms with van der Waals surface area (Å²) < 4.78 is 40.8. The maximum absolute atomic E-state index is 13.3. The zero-order chi connectivity index (χ0) is 21.7. The smallest absolute Gasteiger partial charge is 0.264 e. The van der Waals surface area contributed by atoms with Gasteiger partial charge in [-0.3, -0.25) is 9.10 Å². The van der Waals surface area contributed by atoms with Gasteiger partial charge < -0.3 is 5.32 Å². The van der Waals surface area contributed by atoms with Crippen molar-refractivity contribution >= 4 is 39.1 Å². The van der Waals surface area contributed by atoms with Crippen LogP contribution in [0.15, 0.2) is 82.6 Å². The molecular formula is C22H21FN2O3S2. The number of para-hydroxylation sites is 1. The van der Waals surface area contributed by atoms with Crippen LogP contribution >= 0.6 is 11.8 Å². The van der Waals surface area contributed by atoms with E-state index in [-0.39, 0.29) is 4.90 Å². The number of rotatable bonds is 7. The molecule has 8 heteroatoms. The van der Waals surface area contributed by atoms with Gasteiger partial charge in [-0.1, -0.05) is 29.8 Å². The van der Waals surface area contributed by atoms with E-state index in [1.165, 1.54) is 23.9 Å². The number of benzene rings is 3. The van der Waals surface area contributed by atoms with Gasteiger partial charge in [-0.2, -0.15) is 0 Å². The maximum Gasteiger partial charge on any atom is 0.264 e. The zero-order valence-corrected chi connectivity index (χ0v) is 18.1. The third-order valence-electron chi connectivity index (χ3n) is 4.39. The first kappa shape index (κ1) is 21.9. The van der Waals surface area contributed by atoms with Crippen molar-refractivity contribution in [1.29, 1.82) is 0 Å². The molecule has 0 spiro atoms. The Labute approximate surface area is 180 Å². The summed E-state index contributed by atoms with van der Waals surface area (Å²) in [5.41, 5.74) is 1.91. The predicted molar refractivity (Wildman–Crippen MR) is 119 cm³/mol. The van der Waals surface area contributed by atoms with Gasteiger partial charge in [0.25, 0.3) is 10.0 Å². The average Bonchev–Trinajstić information content (AvgIpc) is 2.73. The SMILES string of the molecule is CSc1ccccc1NC(=O)CN(c1ccc(C)cc1)S(=O)(=O)c1ccc(F)cc1. The highest BCUT2D eigenvalue weighted by Gasteiger charge is 2.27. The van der Waals surface area contributed by atoms with Gasteiger partial charge in [-0.25, -0.2) is 12.8 Å². The minimum atomic E-state index is -4.09. The molecule has 0 aliphatic heterocycles. The lowest BCUT2D eigenvalue weighted by molar-refractivity contribution is -0.114. The number of anilines is 2. The van der Waals surface area contributed by atoms with Crippen LogP contribution in [0.5, 0.6) is 0 Å². The average molecular weight is 445 g/mol. The van der Waals surface area contributed by atoms with E-state index in [9.17, 15) is 17.6 Å². The second kappa shape index (κ2) is 9.32. The lowest BCUT2D eigenvalue weighted by Crippen LogP contribution is -2.38. The zero-order valence-electron chi connectivity index (χ0n) is 16.5. The standard InChI is InChI=1S/C22H21FN2O3S2/c1-16-7-11-18(12-8-16)25(30(27,28)19-13-9-17(23)10-14-19)15-22(26)24-20-5-3-4-6-21(20)29-2/h3-14H,15H2,1-2H3,(H,24,26). The van der Waals surface area contributed by atoms with Gasteiger partial charge in [0, 0.05) is 4.90 Å². The minimum absolute atomic E-state index is 0.0956. The van der Waals surface area contributed by atoms with Gasteiger partial charge in [0.05, 0.1) is 16.3 Å². The summed E-state index contributed by atoms with van der Waals surface area (Å²) in [5, 5.41) is 2.78. The first-order valence-corrected chi connectivity index (χ1v) is 11.8. The quantitative estimate of drug-likeness (QED) is 0.537. The first-order valence-electron chi connectivity index (χ1n) is 9.09. The Morgan fingerprint density at radius 3 is 2.27 bits per heavy atom. The van der Waals surface area contributed by atoms with Crippen LogP contribution in [0.3, 0.4) is 0 Å². The van der Waals surface area contributed by atoms with Crippen LogP contribution in [0.25, 0.3) is 0 Å². The van der Waals surface area contributed by atoms with Crippen LogP contribution in [0.4, 0.5) is 15.8 Å². The molecule has 30 heavy (non-hydrogen) atoms. The third kappa shape index (κ3) is 5.01. The van der Waals surface area contributed by atoms with Crippen LogP contribution in [0, 0.1) is 12.7 Å². The summed E-state index contributed by atoms with van der Waals surface area (Å²) >= 11 is 1.48. The highest BCUT2D eigenvalue weighted by molar-refractivity contribution is 7.98. The highest BCUT2D eigenvalue weighted by Crippen LogP contribution is 2.27. The summed E-state index contributed by atoms with van der Waals surface area (Å²) in [6, 6.07) is 18.6. The van der Waals surface area contributed by atoms with Crippen molar-refractivity contribution < 1.29 is 17.6 Å². The molecule has 0 bridgehead atoms.